The van der Waals surface area contributed by atoms with Crippen LogP contribution < -0.4 is 21.2 Å². The zero-order chi connectivity index (χ0) is 44.1. The van der Waals surface area contributed by atoms with Crippen LogP contribution in [0.3, 0.4) is 0 Å². The van der Waals surface area contributed by atoms with E-state index < -0.39 is 13.8 Å². The number of nitrogens with zero attached hydrogens (tertiary/aromatic N) is 3. The van der Waals surface area contributed by atoms with Crippen LogP contribution in [0.15, 0.2) is 266 Å². The van der Waals surface area contributed by atoms with Crippen molar-refractivity contribution in [2.24, 2.45) is 0 Å². The van der Waals surface area contributed by atoms with Gasteiger partial charge in [-0.05, 0) is 80.2 Å². The number of hydrogen-bond acceptors (Lipinski definition) is 1. The molecule has 3 heterocycles. The first kappa shape index (κ1) is 41.1. The van der Waals surface area contributed by atoms with Crippen molar-refractivity contribution in [2.75, 3.05) is 0 Å². The normalized spacial score (nSPS) is 14.8. The Morgan fingerprint density at radius 3 is 1.29 bits per heavy atom. The zero-order valence-corrected chi connectivity index (χ0v) is 37.4. The molecule has 0 saturated carbocycles. The third-order valence-electron chi connectivity index (χ3n) is 12.3. The van der Waals surface area contributed by atoms with Gasteiger partial charge >= 0.3 is 0 Å². The molecule has 0 aliphatic carbocycles. The van der Waals surface area contributed by atoms with E-state index in [-0.39, 0.29) is 0 Å². The number of nitriles is 1. The number of benzene rings is 8. The van der Waals surface area contributed by atoms with Crippen LogP contribution in [0.4, 0.5) is 0 Å². The maximum Gasteiger partial charge on any atom is 0.195 e. The molecule has 0 bridgehead atoms. The third kappa shape index (κ3) is 7.10. The molecule has 11 rings (SSSR count). The van der Waals surface area contributed by atoms with Crippen LogP contribution in [0.5, 0.6) is 0 Å². The Balaban J connectivity index is 0.000000190. The van der Waals surface area contributed by atoms with E-state index in [1.54, 1.807) is 6.08 Å². The molecule has 0 fully saturated rings. The number of para-hydroxylation sites is 2. The molecule has 8 aromatic carbocycles. The van der Waals surface area contributed by atoms with Gasteiger partial charge < -0.3 is 4.57 Å². The summed E-state index contributed by atoms with van der Waals surface area (Å²) < 4.78 is 2.46. The lowest BCUT2D eigenvalue weighted by Crippen LogP contribution is -2.25. The van der Waals surface area contributed by atoms with Gasteiger partial charge in [0.25, 0.3) is 0 Å². The van der Waals surface area contributed by atoms with Crippen LogP contribution in [0, 0.1) is 17.9 Å². The van der Waals surface area contributed by atoms with E-state index in [1.807, 2.05) is 72.8 Å². The van der Waals surface area contributed by atoms with Gasteiger partial charge in [0.2, 0.25) is 0 Å². The Labute approximate surface area is 381 Å². The Hall–Kier alpha value is -7.90. The Kier molecular flexibility index (Phi) is 11.4. The highest BCUT2D eigenvalue weighted by molar-refractivity contribution is 7.98. The van der Waals surface area contributed by atoms with E-state index in [4.69, 9.17) is 6.57 Å². The second kappa shape index (κ2) is 18.1. The lowest BCUT2D eigenvalue weighted by molar-refractivity contribution is 1.24. The van der Waals surface area contributed by atoms with E-state index >= 15 is 0 Å². The molecule has 0 amide bonds. The minimum atomic E-state index is -2.34. The van der Waals surface area contributed by atoms with Crippen molar-refractivity contribution >= 4 is 78.5 Å². The minimum Gasteiger partial charge on any atom is -0.309 e. The Morgan fingerprint density at radius 1 is 0.446 bits per heavy atom. The van der Waals surface area contributed by atoms with Crippen LogP contribution in [0.1, 0.15) is 11.1 Å². The van der Waals surface area contributed by atoms with E-state index in [9.17, 15) is 5.26 Å². The molecule has 3 nitrogen and oxygen atoms in total. The van der Waals surface area contributed by atoms with Crippen LogP contribution in [0.25, 0.3) is 37.7 Å². The highest BCUT2D eigenvalue weighted by atomic mass is 31.2. The highest BCUT2D eigenvalue weighted by Gasteiger charge is 2.36. The molecule has 1 aromatic heterocycles. The predicted molar refractivity (Wildman–Crippen MR) is 281 cm³/mol. The summed E-state index contributed by atoms with van der Waals surface area (Å²) in [6, 6.07) is 84.2. The van der Waals surface area contributed by atoms with Crippen molar-refractivity contribution < 1.29 is 0 Å². The molecule has 308 valence electrons. The van der Waals surface area contributed by atoms with Crippen molar-refractivity contribution in [3.05, 3.63) is 289 Å². The molecule has 0 atom stereocenters. The minimum absolute atomic E-state index is 0.656. The Morgan fingerprint density at radius 2 is 0.846 bits per heavy atom. The van der Waals surface area contributed by atoms with Crippen LogP contribution in [-0.4, -0.2) is 15.3 Å². The highest BCUT2D eigenvalue weighted by Crippen LogP contribution is 2.63. The lowest BCUT2D eigenvalue weighted by atomic mass is 10.1. The van der Waals surface area contributed by atoms with Gasteiger partial charge in [0.05, 0.1) is 29.0 Å². The molecule has 0 unspecified atom stereocenters. The molecule has 2 aliphatic heterocycles. The number of hydrogen-bond donors (Lipinski definition) is 0. The van der Waals surface area contributed by atoms with Gasteiger partial charge in [-0.1, -0.05) is 231 Å². The van der Waals surface area contributed by atoms with E-state index in [0.717, 1.165) is 10.6 Å². The molecule has 0 N–H and O–H groups in total. The van der Waals surface area contributed by atoms with Gasteiger partial charge in [-0.3, -0.25) is 0 Å². The van der Waals surface area contributed by atoms with Gasteiger partial charge in [0.1, 0.15) is 0 Å². The smallest absolute Gasteiger partial charge is 0.195 e. The van der Waals surface area contributed by atoms with E-state index in [1.165, 1.54) is 59.8 Å². The summed E-state index contributed by atoms with van der Waals surface area (Å²) in [6.45, 7) is 2.97. The van der Waals surface area contributed by atoms with Gasteiger partial charge in [0.15, 0.2) is 5.42 Å². The first-order chi connectivity index (χ1) is 32.2. The average Bonchev–Trinajstić information content (AvgIpc) is 3.74. The maximum absolute atomic E-state index is 9.72. The molecule has 5 heteroatoms. The lowest BCUT2D eigenvalue weighted by Gasteiger charge is -2.37. The molecule has 0 saturated heterocycles. The van der Waals surface area contributed by atoms with Crippen molar-refractivity contribution in [3.63, 3.8) is 0 Å². The average molecular weight is 868 g/mol. The van der Waals surface area contributed by atoms with Crippen LogP contribution in [-0.2, 0) is 0 Å². The fourth-order valence-electron chi connectivity index (χ4n) is 9.55. The van der Waals surface area contributed by atoms with E-state index in [0.29, 0.717) is 10.7 Å². The molecular formula is C60H43N3P2. The molecule has 0 spiro atoms. The van der Waals surface area contributed by atoms with Crippen molar-refractivity contribution in [1.82, 2.24) is 4.57 Å². The fourth-order valence-corrected chi connectivity index (χ4v) is 18.0. The van der Waals surface area contributed by atoms with Gasteiger partial charge in [-0.25, -0.2) is 4.85 Å². The van der Waals surface area contributed by atoms with Crippen LogP contribution in [0.2, 0.25) is 0 Å². The summed E-state index contributed by atoms with van der Waals surface area (Å²) >= 11 is 0. The van der Waals surface area contributed by atoms with Crippen molar-refractivity contribution in [1.29, 1.82) is 5.26 Å². The monoisotopic (exact) mass is 867 g/mol. The van der Waals surface area contributed by atoms with Crippen LogP contribution >= 0.6 is 13.8 Å². The maximum atomic E-state index is 9.72. The third-order valence-corrected chi connectivity index (χ3v) is 20.7. The summed E-state index contributed by atoms with van der Waals surface area (Å²) in [4.78, 5) is 3.79. The largest absolute Gasteiger partial charge is 0.309 e. The number of fused-ring (bicyclic) bond motifs is 3. The number of rotatable bonds is 7. The molecular weight excluding hydrogens is 825 g/mol. The number of allylic oxidation sites excluding steroid dienone is 6. The first-order valence-electron chi connectivity index (χ1n) is 21.6. The number of aromatic nitrogens is 1. The summed E-state index contributed by atoms with van der Waals surface area (Å²) in [6.07, 6.45) is 10.5. The Bertz CT molecular complexity index is 3390. The summed E-state index contributed by atoms with van der Waals surface area (Å²) in [5.74, 6) is 0. The van der Waals surface area contributed by atoms with E-state index in [2.05, 4.69) is 197 Å². The van der Waals surface area contributed by atoms with Crippen molar-refractivity contribution in [2.45, 2.75) is 0 Å². The first-order valence-corrected chi connectivity index (χ1v) is 25.2. The second-order valence-corrected chi connectivity index (χ2v) is 22.4. The molecule has 9 aromatic rings. The second-order valence-electron chi connectivity index (χ2n) is 15.8. The fraction of sp³-hybridized carbons (Fsp3) is 0. The molecule has 2 aliphatic rings. The molecule has 65 heavy (non-hydrogen) atoms. The standard InChI is InChI=1S/C41H30NP.C19H13N2P/c1-5-17-31(18-6-1)40-29-33(42-38-27-15-13-25-36(38)37-26-14-16-28-39(37)42)30-41(32-19-7-2-8-20-32)43(40,34-21-9-3-10-22-34)35-23-11-4-12-24-35;1-21-19-14-8-13-18(15-20)22(19,16-9-4-2-5-10-16)17-11-6-3-7-12-17/h1-30H;2-14H. The SMILES string of the molecule is C1=C(n2c3ccccc3c3ccccc32)C=C(c2ccccc2)P(c2ccccc2)(c2ccccc2)=C1c1ccccc1.[C-]#[N+]C1=P(c2ccccc2)(c2ccccc2)C(C#N)=CC=C1. The van der Waals surface area contributed by atoms with Gasteiger partial charge in [0, 0.05) is 23.4 Å². The van der Waals surface area contributed by atoms with Crippen molar-refractivity contribution in [3.8, 4) is 6.07 Å². The van der Waals surface area contributed by atoms with Gasteiger partial charge in [-0.15, -0.1) is 0 Å². The summed E-state index contributed by atoms with van der Waals surface area (Å²) in [5.41, 5.74) is 6.78. The summed E-state index contributed by atoms with van der Waals surface area (Å²) in [7, 11) is 0. The predicted octanol–water partition coefficient (Wildman–Crippen LogP) is 13.3. The van der Waals surface area contributed by atoms with Gasteiger partial charge in [-0.2, -0.15) is 5.26 Å². The zero-order valence-electron chi connectivity index (χ0n) is 35.6. The summed E-state index contributed by atoms with van der Waals surface area (Å²) in [5, 5.41) is 20.5. The molecule has 0 radical (unpaired) electrons. The quantitative estimate of drug-likeness (QED) is 0.116. The topological polar surface area (TPSA) is 33.1 Å².